The summed E-state index contributed by atoms with van der Waals surface area (Å²) in [5.41, 5.74) is 1.33. The maximum Gasteiger partial charge on any atom is 0.337 e. The van der Waals surface area contributed by atoms with E-state index in [2.05, 4.69) is 15.9 Å². The molecular weight excluding hydrogens is 363 g/mol. The van der Waals surface area contributed by atoms with Gasteiger partial charge in [-0.2, -0.15) is 0 Å². The molecule has 1 aromatic rings. The Labute approximate surface area is 103 Å². The number of halogens is 2. The van der Waals surface area contributed by atoms with Crippen LogP contribution in [0.2, 0.25) is 0 Å². The number of carboxylic acids is 1. The minimum atomic E-state index is -1.45. The lowest BCUT2D eigenvalue weighted by atomic mass is 10.1. The lowest BCUT2D eigenvalue weighted by Gasteiger charge is -2.10. The summed E-state index contributed by atoms with van der Waals surface area (Å²) in [5, 5.41) is 18.0. The molecule has 0 radical (unpaired) electrons. The molecule has 1 unspecified atom stereocenters. The van der Waals surface area contributed by atoms with Crippen LogP contribution in [0.5, 0.6) is 0 Å². The summed E-state index contributed by atoms with van der Waals surface area (Å²) in [4.78, 5) is 10.6. The smallest absolute Gasteiger partial charge is 0.337 e. The number of aliphatic hydroxyl groups is 1. The molecule has 0 saturated heterocycles. The van der Waals surface area contributed by atoms with Crippen molar-refractivity contribution in [2.45, 2.75) is 13.0 Å². The number of carboxylic acid groups (broad SMARTS) is 1. The van der Waals surface area contributed by atoms with Gasteiger partial charge in [0.25, 0.3) is 0 Å². The van der Waals surface area contributed by atoms with E-state index in [1.54, 1.807) is 12.1 Å². The van der Waals surface area contributed by atoms with Crippen molar-refractivity contribution in [3.63, 3.8) is 0 Å². The Morgan fingerprint density at radius 1 is 1.57 bits per heavy atom. The normalized spacial score (nSPS) is 12.6. The summed E-state index contributed by atoms with van der Waals surface area (Å²) < 4.78 is 1.64. The standard InChI is InChI=1S/C9H8BrIO3/c1-4-2-5(8(12)9(13)14)7(11)3-6(4)10/h2-3,8,12H,1H3,(H,13,14). The van der Waals surface area contributed by atoms with E-state index in [-0.39, 0.29) is 0 Å². The number of aliphatic carboxylic acids is 1. The van der Waals surface area contributed by atoms with Crippen LogP contribution in [0.4, 0.5) is 0 Å². The maximum absolute atomic E-state index is 10.6. The molecule has 0 amide bonds. The van der Waals surface area contributed by atoms with Crippen LogP contribution in [0.25, 0.3) is 0 Å². The molecule has 0 heterocycles. The first-order chi connectivity index (χ1) is 6.43. The second-order valence-electron chi connectivity index (χ2n) is 2.86. The van der Waals surface area contributed by atoms with Gasteiger partial charge in [-0.1, -0.05) is 22.0 Å². The van der Waals surface area contributed by atoms with Crippen molar-refractivity contribution >= 4 is 44.5 Å². The zero-order chi connectivity index (χ0) is 10.9. The van der Waals surface area contributed by atoms with Crippen molar-refractivity contribution in [1.29, 1.82) is 0 Å². The van der Waals surface area contributed by atoms with E-state index in [0.717, 1.165) is 13.6 Å². The number of hydrogen-bond acceptors (Lipinski definition) is 2. The first-order valence-corrected chi connectivity index (χ1v) is 5.67. The number of aryl methyl sites for hydroxylation is 1. The van der Waals surface area contributed by atoms with Crippen LogP contribution < -0.4 is 0 Å². The number of aliphatic hydroxyl groups excluding tert-OH is 1. The van der Waals surface area contributed by atoms with Gasteiger partial charge in [-0.3, -0.25) is 0 Å². The fourth-order valence-electron chi connectivity index (χ4n) is 1.02. The summed E-state index contributed by atoms with van der Waals surface area (Å²) in [5.74, 6) is -1.23. The number of hydrogen-bond donors (Lipinski definition) is 2. The maximum atomic E-state index is 10.6. The molecule has 2 N–H and O–H groups in total. The number of carbonyl (C=O) groups is 1. The molecular formula is C9H8BrIO3. The van der Waals surface area contributed by atoms with Crippen LogP contribution in [0.15, 0.2) is 16.6 Å². The van der Waals surface area contributed by atoms with Crippen molar-refractivity contribution < 1.29 is 15.0 Å². The number of rotatable bonds is 2. The Balaban J connectivity index is 3.22. The molecule has 0 aliphatic rings. The Bertz CT molecular complexity index is 379. The second-order valence-corrected chi connectivity index (χ2v) is 4.88. The van der Waals surface area contributed by atoms with E-state index in [1.165, 1.54) is 0 Å². The van der Waals surface area contributed by atoms with Gasteiger partial charge in [0, 0.05) is 13.6 Å². The zero-order valence-electron chi connectivity index (χ0n) is 7.29. The zero-order valence-corrected chi connectivity index (χ0v) is 11.0. The van der Waals surface area contributed by atoms with E-state index in [1.807, 2.05) is 29.5 Å². The van der Waals surface area contributed by atoms with E-state index in [4.69, 9.17) is 5.11 Å². The van der Waals surface area contributed by atoms with E-state index in [0.29, 0.717) is 5.56 Å². The molecule has 0 aliphatic heterocycles. The monoisotopic (exact) mass is 370 g/mol. The van der Waals surface area contributed by atoms with Gasteiger partial charge in [-0.15, -0.1) is 0 Å². The average molecular weight is 371 g/mol. The van der Waals surface area contributed by atoms with E-state index >= 15 is 0 Å². The predicted molar refractivity (Wildman–Crippen MR) is 64.2 cm³/mol. The van der Waals surface area contributed by atoms with Crippen LogP contribution in [0.3, 0.4) is 0 Å². The van der Waals surface area contributed by atoms with Gasteiger partial charge in [0.1, 0.15) is 0 Å². The Morgan fingerprint density at radius 3 is 2.64 bits per heavy atom. The van der Waals surface area contributed by atoms with E-state index in [9.17, 15) is 9.90 Å². The van der Waals surface area contributed by atoms with Gasteiger partial charge < -0.3 is 10.2 Å². The topological polar surface area (TPSA) is 57.5 Å². The second kappa shape index (κ2) is 4.59. The molecule has 0 bridgehead atoms. The molecule has 76 valence electrons. The van der Waals surface area contributed by atoms with Crippen molar-refractivity contribution in [3.8, 4) is 0 Å². The van der Waals surface area contributed by atoms with E-state index < -0.39 is 12.1 Å². The molecule has 0 aromatic heterocycles. The van der Waals surface area contributed by atoms with Gasteiger partial charge in [0.15, 0.2) is 6.10 Å². The molecule has 0 fully saturated rings. The molecule has 3 nitrogen and oxygen atoms in total. The Morgan fingerprint density at radius 2 is 2.14 bits per heavy atom. The highest BCUT2D eigenvalue weighted by atomic mass is 127. The quantitative estimate of drug-likeness (QED) is 0.786. The largest absolute Gasteiger partial charge is 0.479 e. The minimum Gasteiger partial charge on any atom is -0.479 e. The molecule has 1 aromatic carbocycles. The van der Waals surface area contributed by atoms with Crippen LogP contribution in [-0.4, -0.2) is 16.2 Å². The van der Waals surface area contributed by atoms with Crippen LogP contribution in [-0.2, 0) is 4.79 Å². The fourth-order valence-corrected chi connectivity index (χ4v) is 2.56. The summed E-state index contributed by atoms with van der Waals surface area (Å²) >= 11 is 5.33. The number of benzene rings is 1. The summed E-state index contributed by atoms with van der Waals surface area (Å²) in [6.07, 6.45) is -1.45. The predicted octanol–water partition coefficient (Wildman–Crippen LogP) is 2.48. The Hall–Kier alpha value is -0.140. The molecule has 5 heteroatoms. The van der Waals surface area contributed by atoms with Gasteiger partial charge in [-0.25, -0.2) is 4.79 Å². The third-order valence-electron chi connectivity index (χ3n) is 1.81. The van der Waals surface area contributed by atoms with Gasteiger partial charge in [0.05, 0.1) is 0 Å². The van der Waals surface area contributed by atoms with Gasteiger partial charge in [-0.05, 0) is 41.1 Å². The summed E-state index contributed by atoms with van der Waals surface area (Å²) in [7, 11) is 0. The highest BCUT2D eigenvalue weighted by Gasteiger charge is 2.19. The molecule has 0 aliphatic carbocycles. The van der Waals surface area contributed by atoms with Crippen molar-refractivity contribution in [3.05, 3.63) is 31.3 Å². The Kier molecular flexibility index (Phi) is 3.91. The molecule has 0 spiro atoms. The van der Waals surface area contributed by atoms with Gasteiger partial charge >= 0.3 is 5.97 Å². The minimum absolute atomic E-state index is 0.429. The third kappa shape index (κ3) is 2.46. The van der Waals surface area contributed by atoms with Crippen LogP contribution >= 0.6 is 38.5 Å². The van der Waals surface area contributed by atoms with Crippen LogP contribution in [0.1, 0.15) is 17.2 Å². The van der Waals surface area contributed by atoms with Gasteiger partial charge in [0.2, 0.25) is 0 Å². The summed E-state index contributed by atoms with van der Waals surface area (Å²) in [6, 6.07) is 3.46. The summed E-state index contributed by atoms with van der Waals surface area (Å²) in [6.45, 7) is 1.85. The highest BCUT2D eigenvalue weighted by Crippen LogP contribution is 2.27. The molecule has 14 heavy (non-hydrogen) atoms. The van der Waals surface area contributed by atoms with Crippen molar-refractivity contribution in [2.24, 2.45) is 0 Å². The fraction of sp³-hybridized carbons (Fsp3) is 0.222. The lowest BCUT2D eigenvalue weighted by molar-refractivity contribution is -0.147. The van der Waals surface area contributed by atoms with Crippen molar-refractivity contribution in [2.75, 3.05) is 0 Å². The first-order valence-electron chi connectivity index (χ1n) is 3.80. The first kappa shape index (κ1) is 11.9. The molecule has 1 rings (SSSR count). The average Bonchev–Trinajstić information content (AvgIpc) is 2.10. The lowest BCUT2D eigenvalue weighted by Crippen LogP contribution is -2.12. The molecule has 1 atom stereocenters. The SMILES string of the molecule is Cc1cc(C(O)C(=O)O)c(I)cc1Br. The highest BCUT2D eigenvalue weighted by molar-refractivity contribution is 14.1. The van der Waals surface area contributed by atoms with Crippen LogP contribution in [0, 0.1) is 10.5 Å². The third-order valence-corrected chi connectivity index (χ3v) is 3.60. The van der Waals surface area contributed by atoms with Crippen molar-refractivity contribution in [1.82, 2.24) is 0 Å². The molecule has 0 saturated carbocycles.